The number of fused-ring (bicyclic) bond motifs is 13. The lowest BCUT2D eigenvalue weighted by Crippen LogP contribution is -2.08. The monoisotopic (exact) mass is 738 g/mol. The fourth-order valence-electron chi connectivity index (χ4n) is 9.88. The minimum atomic E-state index is 0.865. The first kappa shape index (κ1) is 31.6. The predicted octanol–water partition coefficient (Wildman–Crippen LogP) is 13.8. The summed E-state index contributed by atoms with van der Waals surface area (Å²) in [5, 5.41) is 12.4. The second-order valence-electron chi connectivity index (χ2n) is 15.7. The van der Waals surface area contributed by atoms with E-state index in [1.807, 2.05) is 0 Å². The van der Waals surface area contributed by atoms with Crippen LogP contribution < -0.4 is 0 Å². The lowest BCUT2D eigenvalue weighted by Gasteiger charge is -2.21. The van der Waals surface area contributed by atoms with E-state index in [1.165, 1.54) is 81.6 Å². The number of nitrogens with zero attached hydrogens (tertiary/aromatic N) is 4. The summed E-state index contributed by atoms with van der Waals surface area (Å²) in [6.07, 6.45) is 4.23. The van der Waals surface area contributed by atoms with Gasteiger partial charge in [-0.15, -0.1) is 0 Å². The maximum atomic E-state index is 5.50. The van der Waals surface area contributed by atoms with E-state index in [1.54, 1.807) is 0 Å². The van der Waals surface area contributed by atoms with Gasteiger partial charge in [0.1, 0.15) is 5.69 Å². The molecule has 0 bridgehead atoms. The van der Waals surface area contributed by atoms with E-state index in [-0.39, 0.29) is 0 Å². The number of aryl methyl sites for hydroxylation is 1. The van der Waals surface area contributed by atoms with E-state index in [4.69, 9.17) is 9.97 Å². The summed E-state index contributed by atoms with van der Waals surface area (Å²) in [5.41, 5.74) is 12.4. The Labute approximate surface area is 333 Å². The predicted molar refractivity (Wildman–Crippen MR) is 243 cm³/mol. The third kappa shape index (κ3) is 4.51. The van der Waals surface area contributed by atoms with Crippen molar-refractivity contribution in [1.29, 1.82) is 0 Å². The average Bonchev–Trinajstić information content (AvgIpc) is 3.80. The first-order valence-electron chi connectivity index (χ1n) is 20.1. The second-order valence-corrected chi connectivity index (χ2v) is 15.7. The quantitative estimate of drug-likeness (QED) is 0.181. The first-order valence-corrected chi connectivity index (χ1v) is 20.1. The molecule has 270 valence electrons. The molecule has 0 saturated carbocycles. The van der Waals surface area contributed by atoms with Crippen LogP contribution in [0, 0.1) is 0 Å². The Morgan fingerprint density at radius 1 is 0.397 bits per heavy atom. The molecular weight excluding hydrogens is 705 g/mol. The molecule has 0 N–H and O–H groups in total. The van der Waals surface area contributed by atoms with Crippen LogP contribution in [0.1, 0.15) is 23.2 Å². The fraction of sp³-hybridized carbons (Fsp3) is 0.0370. The van der Waals surface area contributed by atoms with Crippen molar-refractivity contribution in [3.8, 4) is 11.5 Å². The van der Waals surface area contributed by atoms with Crippen molar-refractivity contribution in [2.45, 2.75) is 12.8 Å². The maximum Gasteiger partial charge on any atom is 0.164 e. The van der Waals surface area contributed by atoms with Gasteiger partial charge in [-0.3, -0.25) is 4.57 Å². The van der Waals surface area contributed by atoms with Crippen molar-refractivity contribution in [3.63, 3.8) is 0 Å². The summed E-state index contributed by atoms with van der Waals surface area (Å²) in [5.74, 6) is 0.865. The molecule has 0 radical (unpaired) electrons. The number of hydrogen-bond donors (Lipinski definition) is 0. The van der Waals surface area contributed by atoms with Gasteiger partial charge in [-0.2, -0.15) is 0 Å². The third-order valence-electron chi connectivity index (χ3n) is 12.5. The molecule has 0 saturated heterocycles. The van der Waals surface area contributed by atoms with Crippen LogP contribution in [0.2, 0.25) is 0 Å². The zero-order valence-corrected chi connectivity index (χ0v) is 31.5. The lowest BCUT2D eigenvalue weighted by molar-refractivity contribution is 0.979. The standard InChI is InChI=1S/C54H34N4/c1-3-13-40-33(11-1)21-22-35-23-24-37(31-44(35)40)53-54(56-47-18-8-7-17-46(47)55-53)58-48-19-9-5-15-42(48)45-30-36-25-27-39(29-38(36)32-51(45)58)57-49-20-10-6-16-43(49)52-41-14-4-2-12-34(41)26-28-50(52)57/h1-22,25-32H,23-24H2. The highest BCUT2D eigenvalue weighted by Gasteiger charge is 2.24. The molecule has 1 aliphatic rings. The summed E-state index contributed by atoms with van der Waals surface area (Å²) < 4.78 is 4.80. The molecule has 12 aromatic rings. The van der Waals surface area contributed by atoms with Crippen molar-refractivity contribution in [3.05, 3.63) is 193 Å². The zero-order chi connectivity index (χ0) is 37.9. The topological polar surface area (TPSA) is 35.6 Å². The molecule has 4 nitrogen and oxygen atoms in total. The molecule has 9 aromatic carbocycles. The number of hydrogen-bond acceptors (Lipinski definition) is 2. The molecule has 0 unspecified atom stereocenters. The number of allylic oxidation sites excluding steroid dienone is 1. The lowest BCUT2D eigenvalue weighted by atomic mass is 9.87. The minimum Gasteiger partial charge on any atom is -0.309 e. The van der Waals surface area contributed by atoms with Crippen LogP contribution in [-0.2, 0) is 6.42 Å². The van der Waals surface area contributed by atoms with Crippen LogP contribution in [-0.4, -0.2) is 19.1 Å². The van der Waals surface area contributed by atoms with Gasteiger partial charge in [-0.25, -0.2) is 9.97 Å². The molecule has 0 atom stereocenters. The van der Waals surface area contributed by atoms with Gasteiger partial charge < -0.3 is 4.57 Å². The summed E-state index contributed by atoms with van der Waals surface area (Å²) in [7, 11) is 0. The Kier molecular flexibility index (Phi) is 6.53. The van der Waals surface area contributed by atoms with Crippen LogP contribution in [0.15, 0.2) is 176 Å². The molecule has 13 rings (SSSR count). The van der Waals surface area contributed by atoms with Gasteiger partial charge in [0.05, 0.1) is 33.1 Å². The maximum absolute atomic E-state index is 5.50. The van der Waals surface area contributed by atoms with Gasteiger partial charge in [0.2, 0.25) is 0 Å². The molecule has 0 amide bonds. The normalized spacial score (nSPS) is 13.1. The number of rotatable bonds is 3. The van der Waals surface area contributed by atoms with E-state index in [2.05, 4.69) is 191 Å². The van der Waals surface area contributed by atoms with Crippen LogP contribution in [0.5, 0.6) is 0 Å². The SMILES string of the molecule is C1=C(c2nc3ccccc3nc2-n2c3ccccc3c3cc4ccc(-n5c6ccccc6c6c7ccccc7ccc65)cc4cc32)CCc2ccc3ccccc3c21. The van der Waals surface area contributed by atoms with Gasteiger partial charge in [0.15, 0.2) is 5.82 Å². The largest absolute Gasteiger partial charge is 0.309 e. The smallest absolute Gasteiger partial charge is 0.164 e. The van der Waals surface area contributed by atoms with E-state index in [0.29, 0.717) is 0 Å². The Morgan fingerprint density at radius 3 is 1.90 bits per heavy atom. The molecule has 0 fully saturated rings. The van der Waals surface area contributed by atoms with Crippen LogP contribution in [0.4, 0.5) is 0 Å². The van der Waals surface area contributed by atoms with E-state index in [0.717, 1.165) is 52.1 Å². The Morgan fingerprint density at radius 2 is 1.05 bits per heavy atom. The van der Waals surface area contributed by atoms with Crippen molar-refractivity contribution < 1.29 is 0 Å². The second kappa shape index (κ2) is 12.0. The zero-order valence-electron chi connectivity index (χ0n) is 31.5. The summed E-state index contributed by atoms with van der Waals surface area (Å²) >= 11 is 0. The molecule has 0 aliphatic heterocycles. The highest BCUT2D eigenvalue weighted by Crippen LogP contribution is 2.42. The van der Waals surface area contributed by atoms with Crippen LogP contribution in [0.25, 0.3) is 110 Å². The van der Waals surface area contributed by atoms with E-state index >= 15 is 0 Å². The highest BCUT2D eigenvalue weighted by molar-refractivity contribution is 6.21. The van der Waals surface area contributed by atoms with Crippen molar-refractivity contribution >= 4 is 98.6 Å². The molecule has 0 spiro atoms. The van der Waals surface area contributed by atoms with Gasteiger partial charge in [0, 0.05) is 27.2 Å². The van der Waals surface area contributed by atoms with Crippen LogP contribution >= 0.6 is 0 Å². The molecule has 3 aromatic heterocycles. The van der Waals surface area contributed by atoms with Crippen molar-refractivity contribution in [1.82, 2.24) is 19.1 Å². The van der Waals surface area contributed by atoms with Gasteiger partial charge >= 0.3 is 0 Å². The summed E-state index contributed by atoms with van der Waals surface area (Å²) in [4.78, 5) is 11.0. The first-order chi connectivity index (χ1) is 28.7. The van der Waals surface area contributed by atoms with Gasteiger partial charge in [-0.05, 0) is 123 Å². The Bertz CT molecular complexity index is 3750. The van der Waals surface area contributed by atoms with Gasteiger partial charge in [-0.1, -0.05) is 121 Å². The molecule has 1 aliphatic carbocycles. The number of aromatic nitrogens is 4. The summed E-state index contributed by atoms with van der Waals surface area (Å²) in [6, 6.07) is 64.0. The number of para-hydroxylation sites is 4. The molecule has 58 heavy (non-hydrogen) atoms. The van der Waals surface area contributed by atoms with Crippen molar-refractivity contribution in [2.75, 3.05) is 0 Å². The number of benzene rings is 9. The fourth-order valence-corrected chi connectivity index (χ4v) is 9.88. The Hall–Kier alpha value is -7.56. The Balaban J connectivity index is 1.08. The van der Waals surface area contributed by atoms with Gasteiger partial charge in [0.25, 0.3) is 0 Å². The van der Waals surface area contributed by atoms with E-state index < -0.39 is 0 Å². The molecule has 3 heterocycles. The summed E-state index contributed by atoms with van der Waals surface area (Å²) in [6.45, 7) is 0. The van der Waals surface area contributed by atoms with Crippen LogP contribution in [0.3, 0.4) is 0 Å². The van der Waals surface area contributed by atoms with E-state index in [9.17, 15) is 0 Å². The molecule has 4 heteroatoms. The highest BCUT2D eigenvalue weighted by atomic mass is 15.1. The molecular formula is C54H34N4. The minimum absolute atomic E-state index is 0.865. The third-order valence-corrected chi connectivity index (χ3v) is 12.5. The average molecular weight is 739 g/mol. The van der Waals surface area contributed by atoms with Crippen molar-refractivity contribution in [2.24, 2.45) is 0 Å².